The number of ether oxygens (including phenoxy) is 3. The zero-order valence-electron chi connectivity index (χ0n) is 18.4. The summed E-state index contributed by atoms with van der Waals surface area (Å²) in [4.78, 5) is 2.35. The lowest BCUT2D eigenvalue weighted by atomic mass is 10.0. The van der Waals surface area contributed by atoms with Gasteiger partial charge in [0.1, 0.15) is 17.2 Å². The molecule has 0 bridgehead atoms. The average molecular weight is 423 g/mol. The number of likely N-dealkylation sites (N-methyl/N-ethyl adjacent to an activating group) is 1. The summed E-state index contributed by atoms with van der Waals surface area (Å²) < 4.78 is 16.7. The standard InChI is InChI=1S/C24H30N4O3/c1-4-30-16-31-22-14-18(29-3)11-12-21(22)23-19-9-5-6-10-20(19)24(27-26-23)25-17-8-7-13-28(2)15-17/h5-6,9-12,14,17H,4,7-8,13,15-16H2,1-3H3,(H,25,27). The lowest BCUT2D eigenvalue weighted by Gasteiger charge is -2.30. The van der Waals surface area contributed by atoms with Crippen molar-refractivity contribution < 1.29 is 14.2 Å². The van der Waals surface area contributed by atoms with E-state index >= 15 is 0 Å². The largest absolute Gasteiger partial charge is 0.497 e. The van der Waals surface area contributed by atoms with Crippen LogP contribution in [0.2, 0.25) is 0 Å². The van der Waals surface area contributed by atoms with E-state index < -0.39 is 0 Å². The quantitative estimate of drug-likeness (QED) is 0.431. The molecule has 1 unspecified atom stereocenters. The van der Waals surface area contributed by atoms with Gasteiger partial charge in [-0.25, -0.2) is 0 Å². The second kappa shape index (κ2) is 9.94. The molecular weight excluding hydrogens is 392 g/mol. The number of anilines is 1. The van der Waals surface area contributed by atoms with Crippen LogP contribution in [0, 0.1) is 0 Å². The summed E-state index contributed by atoms with van der Waals surface area (Å²) in [6.45, 7) is 4.83. The van der Waals surface area contributed by atoms with Gasteiger partial charge in [-0.15, -0.1) is 10.2 Å². The molecule has 4 rings (SSSR count). The van der Waals surface area contributed by atoms with Gasteiger partial charge in [0.2, 0.25) is 0 Å². The van der Waals surface area contributed by atoms with Crippen molar-refractivity contribution in [3.05, 3.63) is 42.5 Å². The number of rotatable bonds is 8. The van der Waals surface area contributed by atoms with E-state index in [0.717, 1.165) is 47.4 Å². The molecule has 31 heavy (non-hydrogen) atoms. The summed E-state index contributed by atoms with van der Waals surface area (Å²) in [5, 5.41) is 14.9. The normalized spacial score (nSPS) is 16.9. The molecule has 2 heterocycles. The van der Waals surface area contributed by atoms with Crippen LogP contribution in [-0.4, -0.2) is 61.8 Å². The Morgan fingerprint density at radius 3 is 2.74 bits per heavy atom. The Morgan fingerprint density at radius 2 is 1.97 bits per heavy atom. The molecule has 7 nitrogen and oxygen atoms in total. The number of hydrogen-bond donors (Lipinski definition) is 1. The fourth-order valence-electron chi connectivity index (χ4n) is 4.02. The summed E-state index contributed by atoms with van der Waals surface area (Å²) in [5.41, 5.74) is 1.63. The third-order valence-corrected chi connectivity index (χ3v) is 5.60. The van der Waals surface area contributed by atoms with Crippen LogP contribution in [0.1, 0.15) is 19.8 Å². The van der Waals surface area contributed by atoms with Gasteiger partial charge in [0, 0.05) is 41.6 Å². The second-order valence-electron chi connectivity index (χ2n) is 7.81. The molecule has 0 saturated carbocycles. The molecule has 0 radical (unpaired) electrons. The van der Waals surface area contributed by atoms with Crippen LogP contribution in [0.3, 0.4) is 0 Å². The minimum atomic E-state index is 0.164. The van der Waals surface area contributed by atoms with E-state index in [4.69, 9.17) is 14.2 Å². The van der Waals surface area contributed by atoms with Crippen LogP contribution < -0.4 is 14.8 Å². The van der Waals surface area contributed by atoms with E-state index in [-0.39, 0.29) is 6.79 Å². The number of piperidine rings is 1. The van der Waals surface area contributed by atoms with Crippen LogP contribution in [0.15, 0.2) is 42.5 Å². The molecule has 1 aliphatic rings. The minimum Gasteiger partial charge on any atom is -0.497 e. The van der Waals surface area contributed by atoms with E-state index in [0.29, 0.717) is 24.1 Å². The van der Waals surface area contributed by atoms with Crippen LogP contribution in [0.25, 0.3) is 22.0 Å². The number of aromatic nitrogens is 2. The number of nitrogens with one attached hydrogen (secondary N) is 1. The molecule has 0 aliphatic carbocycles. The number of nitrogens with zero attached hydrogens (tertiary/aromatic N) is 3. The van der Waals surface area contributed by atoms with E-state index in [1.807, 2.05) is 37.3 Å². The number of methoxy groups -OCH3 is 1. The van der Waals surface area contributed by atoms with Gasteiger partial charge in [0.15, 0.2) is 12.6 Å². The molecular formula is C24H30N4O3. The summed E-state index contributed by atoms with van der Waals surface area (Å²) in [5.74, 6) is 2.19. The van der Waals surface area contributed by atoms with E-state index in [2.05, 4.69) is 39.6 Å². The highest BCUT2D eigenvalue weighted by molar-refractivity contribution is 6.01. The van der Waals surface area contributed by atoms with Crippen LogP contribution in [0.4, 0.5) is 5.82 Å². The maximum absolute atomic E-state index is 5.90. The summed E-state index contributed by atoms with van der Waals surface area (Å²) in [6, 6.07) is 14.3. The Bertz CT molecular complexity index is 1030. The summed E-state index contributed by atoms with van der Waals surface area (Å²) in [6.07, 6.45) is 2.32. The summed E-state index contributed by atoms with van der Waals surface area (Å²) in [7, 11) is 3.80. The number of fused-ring (bicyclic) bond motifs is 1. The Hall–Kier alpha value is -2.90. The first-order chi connectivity index (χ1) is 15.2. The van der Waals surface area contributed by atoms with E-state index in [9.17, 15) is 0 Å². The third kappa shape index (κ3) is 4.89. The molecule has 7 heteroatoms. The van der Waals surface area contributed by atoms with Gasteiger partial charge < -0.3 is 24.4 Å². The molecule has 0 spiro atoms. The first-order valence-corrected chi connectivity index (χ1v) is 10.8. The Balaban J connectivity index is 1.72. The third-order valence-electron chi connectivity index (χ3n) is 5.60. The fourth-order valence-corrected chi connectivity index (χ4v) is 4.02. The van der Waals surface area contributed by atoms with E-state index in [1.165, 1.54) is 6.42 Å². The van der Waals surface area contributed by atoms with Gasteiger partial charge in [-0.1, -0.05) is 24.3 Å². The molecule has 1 saturated heterocycles. The van der Waals surface area contributed by atoms with Gasteiger partial charge in [-0.2, -0.15) is 0 Å². The SMILES string of the molecule is CCOCOc1cc(OC)ccc1-c1nnc(NC2CCCN(C)C2)c2ccccc12. The van der Waals surface area contributed by atoms with Crippen molar-refractivity contribution in [2.45, 2.75) is 25.8 Å². The maximum Gasteiger partial charge on any atom is 0.189 e. The average Bonchev–Trinajstić information content (AvgIpc) is 2.80. The van der Waals surface area contributed by atoms with Crippen LogP contribution in [-0.2, 0) is 4.74 Å². The molecule has 3 aromatic rings. The lowest BCUT2D eigenvalue weighted by molar-refractivity contribution is 0.0226. The first-order valence-electron chi connectivity index (χ1n) is 10.8. The molecule has 164 valence electrons. The molecule has 0 amide bonds. The molecule has 1 aromatic heterocycles. The number of hydrogen-bond acceptors (Lipinski definition) is 7. The number of benzene rings is 2. The van der Waals surface area contributed by atoms with Crippen molar-refractivity contribution in [1.82, 2.24) is 15.1 Å². The number of likely N-dealkylation sites (tertiary alicyclic amines) is 1. The van der Waals surface area contributed by atoms with E-state index in [1.54, 1.807) is 7.11 Å². The molecule has 1 fully saturated rings. The van der Waals surface area contributed by atoms with Crippen molar-refractivity contribution in [1.29, 1.82) is 0 Å². The topological polar surface area (TPSA) is 68.7 Å². The van der Waals surface area contributed by atoms with Crippen molar-refractivity contribution in [3.8, 4) is 22.8 Å². The lowest BCUT2D eigenvalue weighted by Crippen LogP contribution is -2.40. The molecule has 1 aliphatic heterocycles. The predicted octanol–water partition coefficient (Wildman–Crippen LogP) is 4.18. The highest BCUT2D eigenvalue weighted by Gasteiger charge is 2.20. The van der Waals surface area contributed by atoms with Gasteiger partial charge in [-0.05, 0) is 45.5 Å². The van der Waals surface area contributed by atoms with Crippen LogP contribution in [0.5, 0.6) is 11.5 Å². The van der Waals surface area contributed by atoms with Gasteiger partial charge in [-0.3, -0.25) is 0 Å². The smallest absolute Gasteiger partial charge is 0.189 e. The second-order valence-corrected chi connectivity index (χ2v) is 7.81. The van der Waals surface area contributed by atoms with Crippen molar-refractivity contribution in [2.24, 2.45) is 0 Å². The van der Waals surface area contributed by atoms with Crippen LogP contribution >= 0.6 is 0 Å². The van der Waals surface area contributed by atoms with Gasteiger partial charge in [0.05, 0.1) is 7.11 Å². The maximum atomic E-state index is 5.90. The Labute approximate surface area is 183 Å². The van der Waals surface area contributed by atoms with Gasteiger partial charge >= 0.3 is 0 Å². The monoisotopic (exact) mass is 422 g/mol. The predicted molar refractivity (Wildman–Crippen MR) is 123 cm³/mol. The Morgan fingerprint density at radius 1 is 1.13 bits per heavy atom. The zero-order chi connectivity index (χ0) is 21.6. The van der Waals surface area contributed by atoms with Crippen molar-refractivity contribution in [3.63, 3.8) is 0 Å². The Kier molecular flexibility index (Phi) is 6.84. The molecule has 1 atom stereocenters. The fraction of sp³-hybridized carbons (Fsp3) is 0.417. The molecule has 2 aromatic carbocycles. The highest BCUT2D eigenvalue weighted by atomic mass is 16.7. The first kappa shape index (κ1) is 21.3. The summed E-state index contributed by atoms with van der Waals surface area (Å²) >= 11 is 0. The highest BCUT2D eigenvalue weighted by Crippen LogP contribution is 2.37. The molecule has 1 N–H and O–H groups in total. The van der Waals surface area contributed by atoms with Crippen molar-refractivity contribution in [2.75, 3.05) is 46.0 Å². The zero-order valence-corrected chi connectivity index (χ0v) is 18.4. The minimum absolute atomic E-state index is 0.164. The van der Waals surface area contributed by atoms with Crippen molar-refractivity contribution >= 4 is 16.6 Å². The van der Waals surface area contributed by atoms with Gasteiger partial charge in [0.25, 0.3) is 0 Å².